The first kappa shape index (κ1) is 16.8. The minimum Gasteiger partial charge on any atom is -0.481 e. The zero-order valence-electron chi connectivity index (χ0n) is 11.9. The number of rotatable bonds is 4. The Morgan fingerprint density at radius 3 is 2.27 bits per heavy atom. The van der Waals surface area contributed by atoms with Crippen LogP contribution in [0, 0.1) is 17.6 Å². The quantitative estimate of drug-likeness (QED) is 0.535. The summed E-state index contributed by atoms with van der Waals surface area (Å²) in [7, 11) is 0. The molecular weight excluding hydrogens is 303 g/mol. The van der Waals surface area contributed by atoms with Crippen LogP contribution >= 0.6 is 0 Å². The Morgan fingerprint density at radius 1 is 1.09 bits per heavy atom. The zero-order valence-corrected chi connectivity index (χ0v) is 11.9. The number of benzene rings is 1. The number of ether oxygens (including phenoxy) is 1. The molecule has 0 amide bonds. The third-order valence-corrected chi connectivity index (χ3v) is 4.01. The summed E-state index contributed by atoms with van der Waals surface area (Å²) in [5, 5.41) is 0. The molecule has 6 heteroatoms. The Kier molecular flexibility index (Phi) is 5.08. The van der Waals surface area contributed by atoms with E-state index in [1.165, 1.54) is 6.07 Å². The molecule has 0 unspecified atom stereocenters. The molecule has 22 heavy (non-hydrogen) atoms. The highest BCUT2D eigenvalue weighted by Crippen LogP contribution is 2.39. The number of allylic oxidation sites excluding steroid dienone is 1. The first-order valence-corrected chi connectivity index (χ1v) is 7.12. The number of halogens is 5. The Bertz CT molecular complexity index is 530. The van der Waals surface area contributed by atoms with Gasteiger partial charge in [-0.25, -0.2) is 4.39 Å². The van der Waals surface area contributed by atoms with Crippen molar-refractivity contribution in [2.24, 2.45) is 5.92 Å². The maximum Gasteiger partial charge on any atom is 0.422 e. The monoisotopic (exact) mass is 320 g/mol. The predicted octanol–water partition coefficient (Wildman–Crippen LogP) is 5.37. The van der Waals surface area contributed by atoms with Crippen molar-refractivity contribution in [1.82, 2.24) is 0 Å². The van der Waals surface area contributed by atoms with Crippen LogP contribution in [-0.4, -0.2) is 12.8 Å². The minimum atomic E-state index is -4.59. The molecule has 1 aromatic carbocycles. The summed E-state index contributed by atoms with van der Waals surface area (Å²) >= 11 is 0. The van der Waals surface area contributed by atoms with Crippen LogP contribution in [0.15, 0.2) is 24.8 Å². The van der Waals surface area contributed by atoms with E-state index in [2.05, 4.69) is 11.3 Å². The first-order valence-electron chi connectivity index (χ1n) is 7.12. The van der Waals surface area contributed by atoms with Crippen LogP contribution in [0.2, 0.25) is 0 Å². The first-order chi connectivity index (χ1) is 10.3. The Hall–Kier alpha value is -1.59. The van der Waals surface area contributed by atoms with Crippen LogP contribution in [-0.2, 0) is 0 Å². The number of alkyl halides is 3. The molecule has 0 bridgehead atoms. The molecule has 2 rings (SSSR count). The second-order valence-corrected chi connectivity index (χ2v) is 5.53. The summed E-state index contributed by atoms with van der Waals surface area (Å²) in [4.78, 5) is 0. The van der Waals surface area contributed by atoms with E-state index in [1.807, 2.05) is 6.08 Å². The summed E-state index contributed by atoms with van der Waals surface area (Å²) in [6.07, 6.45) is 0.376. The topological polar surface area (TPSA) is 9.23 Å². The van der Waals surface area contributed by atoms with Gasteiger partial charge in [-0.15, -0.1) is 6.58 Å². The van der Waals surface area contributed by atoms with Gasteiger partial charge < -0.3 is 4.74 Å². The third kappa shape index (κ3) is 3.99. The molecule has 0 saturated heterocycles. The van der Waals surface area contributed by atoms with Crippen molar-refractivity contribution in [1.29, 1.82) is 0 Å². The molecule has 0 atom stereocenters. The number of hydrogen-bond acceptors (Lipinski definition) is 1. The maximum absolute atomic E-state index is 14.1. The summed E-state index contributed by atoms with van der Waals surface area (Å²) in [6.45, 7) is 2.08. The lowest BCUT2D eigenvalue weighted by Crippen LogP contribution is -2.20. The van der Waals surface area contributed by atoms with E-state index < -0.39 is 30.2 Å². The summed E-state index contributed by atoms with van der Waals surface area (Å²) in [5.41, 5.74) is 0.208. The van der Waals surface area contributed by atoms with E-state index in [0.717, 1.165) is 18.9 Å². The summed E-state index contributed by atoms with van der Waals surface area (Å²) in [6, 6.07) is 2.39. The van der Waals surface area contributed by atoms with Crippen molar-refractivity contribution >= 4 is 0 Å². The lowest BCUT2D eigenvalue weighted by atomic mass is 9.78. The van der Waals surface area contributed by atoms with E-state index in [4.69, 9.17) is 0 Å². The summed E-state index contributed by atoms with van der Waals surface area (Å²) < 4.78 is 68.4. The van der Waals surface area contributed by atoms with Crippen LogP contribution in [0.1, 0.15) is 37.2 Å². The van der Waals surface area contributed by atoms with E-state index in [0.29, 0.717) is 18.8 Å². The molecule has 0 aromatic heterocycles. The predicted molar refractivity (Wildman–Crippen MR) is 72.8 cm³/mol. The average molecular weight is 320 g/mol. The van der Waals surface area contributed by atoms with Crippen LogP contribution < -0.4 is 4.74 Å². The zero-order chi connectivity index (χ0) is 16.3. The van der Waals surface area contributed by atoms with Gasteiger partial charge in [0.05, 0.1) is 0 Å². The van der Waals surface area contributed by atoms with Crippen molar-refractivity contribution in [3.63, 3.8) is 0 Å². The van der Waals surface area contributed by atoms with Crippen LogP contribution in [0.5, 0.6) is 5.75 Å². The van der Waals surface area contributed by atoms with E-state index in [9.17, 15) is 22.0 Å². The van der Waals surface area contributed by atoms with Crippen molar-refractivity contribution in [2.75, 3.05) is 6.61 Å². The van der Waals surface area contributed by atoms with E-state index in [1.54, 1.807) is 0 Å². The number of hydrogen-bond donors (Lipinski definition) is 0. The molecule has 1 aliphatic carbocycles. The van der Waals surface area contributed by atoms with Crippen molar-refractivity contribution < 1.29 is 26.7 Å². The second kappa shape index (κ2) is 6.67. The smallest absolute Gasteiger partial charge is 0.422 e. The fraction of sp³-hybridized carbons (Fsp3) is 0.500. The second-order valence-electron chi connectivity index (χ2n) is 5.53. The lowest BCUT2D eigenvalue weighted by Gasteiger charge is -2.27. The van der Waals surface area contributed by atoms with E-state index in [-0.39, 0.29) is 11.5 Å². The molecular formula is C16H17F5O. The highest BCUT2D eigenvalue weighted by molar-refractivity contribution is 5.33. The molecule has 0 N–H and O–H groups in total. The van der Waals surface area contributed by atoms with Crippen LogP contribution in [0.4, 0.5) is 22.0 Å². The van der Waals surface area contributed by atoms with Crippen LogP contribution in [0.3, 0.4) is 0 Å². The molecule has 1 aromatic rings. The third-order valence-electron chi connectivity index (χ3n) is 4.01. The van der Waals surface area contributed by atoms with Gasteiger partial charge in [0.15, 0.2) is 18.2 Å². The Labute approximate surface area is 125 Å². The Morgan fingerprint density at radius 2 is 1.73 bits per heavy atom. The van der Waals surface area contributed by atoms with Crippen LogP contribution in [0.25, 0.3) is 0 Å². The molecule has 122 valence electrons. The van der Waals surface area contributed by atoms with Crippen molar-refractivity contribution in [3.8, 4) is 5.75 Å². The molecule has 1 nitrogen and oxygen atoms in total. The van der Waals surface area contributed by atoms with Gasteiger partial charge >= 0.3 is 6.18 Å². The molecule has 0 radical (unpaired) electrons. The van der Waals surface area contributed by atoms with Crippen molar-refractivity contribution in [3.05, 3.63) is 42.0 Å². The summed E-state index contributed by atoms with van der Waals surface area (Å²) in [5.74, 6) is -2.91. The molecule has 0 heterocycles. The molecule has 1 saturated carbocycles. The average Bonchev–Trinajstić information content (AvgIpc) is 2.48. The lowest BCUT2D eigenvalue weighted by molar-refractivity contribution is -0.153. The van der Waals surface area contributed by atoms with Gasteiger partial charge in [0, 0.05) is 0 Å². The van der Waals surface area contributed by atoms with Gasteiger partial charge in [0.1, 0.15) is 0 Å². The van der Waals surface area contributed by atoms with E-state index >= 15 is 0 Å². The fourth-order valence-electron chi connectivity index (χ4n) is 2.80. The van der Waals surface area contributed by atoms with Gasteiger partial charge in [0.25, 0.3) is 0 Å². The standard InChI is InChI=1S/C16H17F5O/c1-2-10-3-5-11(6-4-10)12-7-8-13(15(18)14(12)17)22-9-16(19,20)21/h2,7-8,10-11H,1,3-6,9H2. The SMILES string of the molecule is C=CC1CCC(c2ccc(OCC(F)(F)F)c(F)c2F)CC1. The van der Waals surface area contributed by atoms with Gasteiger partial charge in [-0.2, -0.15) is 17.6 Å². The van der Waals surface area contributed by atoms with Crippen molar-refractivity contribution in [2.45, 2.75) is 37.8 Å². The Balaban J connectivity index is 2.11. The highest BCUT2D eigenvalue weighted by Gasteiger charge is 2.30. The molecule has 1 aliphatic rings. The normalized spacial score (nSPS) is 22.4. The minimum absolute atomic E-state index is 0.123. The van der Waals surface area contributed by atoms with Gasteiger partial charge in [-0.1, -0.05) is 12.1 Å². The highest BCUT2D eigenvalue weighted by atomic mass is 19.4. The molecule has 0 spiro atoms. The molecule has 1 fully saturated rings. The maximum atomic E-state index is 14.1. The van der Waals surface area contributed by atoms with Gasteiger partial charge in [-0.3, -0.25) is 0 Å². The van der Waals surface area contributed by atoms with Gasteiger partial charge in [-0.05, 0) is 49.1 Å². The fourth-order valence-corrected chi connectivity index (χ4v) is 2.80. The molecule has 0 aliphatic heterocycles. The van der Waals surface area contributed by atoms with Gasteiger partial charge in [0.2, 0.25) is 5.82 Å². The largest absolute Gasteiger partial charge is 0.481 e.